The van der Waals surface area contributed by atoms with Gasteiger partial charge in [-0.3, -0.25) is 4.79 Å². The summed E-state index contributed by atoms with van der Waals surface area (Å²) in [6, 6.07) is 23.0. The number of nitrogens with one attached hydrogen (secondary N) is 2. The van der Waals surface area contributed by atoms with Crippen molar-refractivity contribution >= 4 is 23.4 Å². The zero-order chi connectivity index (χ0) is 25.3. The van der Waals surface area contributed by atoms with Gasteiger partial charge in [-0.15, -0.1) is 0 Å². The molecule has 0 bridgehead atoms. The van der Waals surface area contributed by atoms with Gasteiger partial charge in [-0.1, -0.05) is 11.8 Å². The highest BCUT2D eigenvalue weighted by atomic mass is 32.2. The van der Waals surface area contributed by atoms with Crippen LogP contribution in [0.4, 0.5) is 5.69 Å². The molecule has 0 aliphatic rings. The number of amides is 1. The number of anilines is 1. The molecule has 0 radical (unpaired) electrons. The minimum atomic E-state index is -0.0519. The number of aromatic nitrogens is 2. The number of carbonyl (C=O) groups excluding carboxylic acids is 1. The molecule has 0 fully saturated rings. The zero-order valence-corrected chi connectivity index (χ0v) is 21.4. The lowest BCUT2D eigenvalue weighted by atomic mass is 10.0. The van der Waals surface area contributed by atoms with Crippen LogP contribution >= 0.6 is 11.8 Å². The summed E-state index contributed by atoms with van der Waals surface area (Å²) in [5.41, 5.74) is 4.45. The number of imidazole rings is 1. The molecule has 0 atom stereocenters. The smallest absolute Gasteiger partial charge is 0.225 e. The van der Waals surface area contributed by atoms with E-state index in [0.717, 1.165) is 50.6 Å². The third-order valence-electron chi connectivity index (χ3n) is 5.44. The van der Waals surface area contributed by atoms with Crippen molar-refractivity contribution in [2.75, 3.05) is 31.9 Å². The van der Waals surface area contributed by atoms with E-state index in [2.05, 4.69) is 10.3 Å². The zero-order valence-electron chi connectivity index (χ0n) is 20.5. The monoisotopic (exact) mass is 503 g/mol. The molecule has 0 spiro atoms. The van der Waals surface area contributed by atoms with Gasteiger partial charge >= 0.3 is 0 Å². The van der Waals surface area contributed by atoms with Gasteiger partial charge in [0.2, 0.25) is 5.91 Å². The number of hydrogen-bond donors (Lipinski definition) is 2. The van der Waals surface area contributed by atoms with E-state index in [0.29, 0.717) is 18.8 Å². The van der Waals surface area contributed by atoms with Crippen LogP contribution in [-0.4, -0.2) is 42.5 Å². The molecule has 36 heavy (non-hydrogen) atoms. The molecule has 1 amide bonds. The number of H-pyrrole nitrogens is 1. The van der Waals surface area contributed by atoms with Crippen molar-refractivity contribution in [3.63, 3.8) is 0 Å². The van der Waals surface area contributed by atoms with Crippen molar-refractivity contribution in [1.82, 2.24) is 9.97 Å². The van der Waals surface area contributed by atoms with Gasteiger partial charge in [-0.25, -0.2) is 4.98 Å². The molecular formula is C28H29N3O4S. The van der Waals surface area contributed by atoms with Crippen molar-refractivity contribution in [2.45, 2.75) is 18.5 Å². The van der Waals surface area contributed by atoms with Crippen molar-refractivity contribution in [2.24, 2.45) is 0 Å². The average Bonchev–Trinajstić information content (AvgIpc) is 3.34. The lowest BCUT2D eigenvalue weighted by molar-refractivity contribution is -0.115. The topological polar surface area (TPSA) is 85.5 Å². The first-order valence-electron chi connectivity index (χ1n) is 11.6. The first-order chi connectivity index (χ1) is 17.6. The number of hydrogen-bond acceptors (Lipinski definition) is 6. The number of aromatic amines is 1. The number of thioether (sulfide) groups is 1. The second-order valence-electron chi connectivity index (χ2n) is 7.83. The van der Waals surface area contributed by atoms with E-state index in [9.17, 15) is 4.79 Å². The summed E-state index contributed by atoms with van der Waals surface area (Å²) in [4.78, 5) is 20.7. The second-order valence-corrected chi connectivity index (χ2v) is 8.91. The van der Waals surface area contributed by atoms with Crippen LogP contribution < -0.4 is 19.5 Å². The number of benzene rings is 3. The first-order valence-corrected chi connectivity index (χ1v) is 12.6. The van der Waals surface area contributed by atoms with E-state index in [4.69, 9.17) is 19.2 Å². The SMILES string of the molecule is CCOc1ccc(NC(=O)CCSc2nc(-c3ccc(OC)cc3)c(-c3ccc(OC)cc3)[nH]2)cc1. The molecule has 4 rings (SSSR count). The highest BCUT2D eigenvalue weighted by molar-refractivity contribution is 7.99. The summed E-state index contributed by atoms with van der Waals surface area (Å²) in [6.45, 7) is 2.54. The minimum absolute atomic E-state index is 0.0519. The van der Waals surface area contributed by atoms with Gasteiger partial charge in [0.05, 0.1) is 32.2 Å². The number of ether oxygens (including phenoxy) is 3. The molecule has 2 N–H and O–H groups in total. The Labute approximate surface area is 215 Å². The van der Waals surface area contributed by atoms with E-state index in [1.807, 2.05) is 79.7 Å². The second kappa shape index (κ2) is 12.2. The Hall–Kier alpha value is -3.91. The maximum absolute atomic E-state index is 12.4. The summed E-state index contributed by atoms with van der Waals surface area (Å²) >= 11 is 1.51. The molecule has 3 aromatic carbocycles. The van der Waals surface area contributed by atoms with Gasteiger partial charge in [-0.2, -0.15) is 0 Å². The Bertz CT molecular complexity index is 1200. The van der Waals surface area contributed by atoms with Crippen molar-refractivity contribution < 1.29 is 19.0 Å². The molecule has 0 unspecified atom stereocenters. The Balaban J connectivity index is 1.45. The van der Waals surface area contributed by atoms with Crippen LogP contribution in [0.25, 0.3) is 22.5 Å². The molecule has 1 aromatic heterocycles. The fourth-order valence-electron chi connectivity index (χ4n) is 3.61. The lowest BCUT2D eigenvalue weighted by Crippen LogP contribution is -2.12. The number of carbonyl (C=O) groups is 1. The molecular weight excluding hydrogens is 474 g/mol. The van der Waals surface area contributed by atoms with Gasteiger partial charge in [0.25, 0.3) is 0 Å². The predicted molar refractivity (Wildman–Crippen MR) is 144 cm³/mol. The van der Waals surface area contributed by atoms with Crippen LogP contribution in [-0.2, 0) is 4.79 Å². The van der Waals surface area contributed by atoms with Gasteiger partial charge in [-0.05, 0) is 79.7 Å². The summed E-state index contributed by atoms with van der Waals surface area (Å²) in [5, 5.41) is 3.68. The number of rotatable bonds is 11. The molecule has 0 aliphatic carbocycles. The standard InChI is InChI=1S/C28H29N3O4S/c1-4-35-24-15-9-21(10-16-24)29-25(32)17-18-36-28-30-26(19-5-11-22(33-2)12-6-19)27(31-28)20-7-13-23(34-3)14-8-20/h5-16H,4,17-18H2,1-3H3,(H,29,32)(H,30,31). The maximum Gasteiger partial charge on any atom is 0.225 e. The molecule has 1 heterocycles. The van der Waals surface area contributed by atoms with Crippen LogP contribution in [0.2, 0.25) is 0 Å². The first kappa shape index (κ1) is 25.2. The van der Waals surface area contributed by atoms with Gasteiger partial charge in [0.1, 0.15) is 17.2 Å². The number of nitrogens with zero attached hydrogens (tertiary/aromatic N) is 1. The summed E-state index contributed by atoms with van der Waals surface area (Å²) in [7, 11) is 3.29. The molecule has 7 nitrogen and oxygen atoms in total. The predicted octanol–water partition coefficient (Wildman–Crippen LogP) is 6.28. The fraction of sp³-hybridized carbons (Fsp3) is 0.214. The van der Waals surface area contributed by atoms with Gasteiger partial charge in [0, 0.05) is 29.0 Å². The highest BCUT2D eigenvalue weighted by Crippen LogP contribution is 2.34. The third kappa shape index (κ3) is 6.40. The normalized spacial score (nSPS) is 10.6. The van der Waals surface area contributed by atoms with E-state index in [-0.39, 0.29) is 5.91 Å². The van der Waals surface area contributed by atoms with E-state index in [1.54, 1.807) is 14.2 Å². The van der Waals surface area contributed by atoms with Crippen LogP contribution in [0.15, 0.2) is 78.0 Å². The van der Waals surface area contributed by atoms with Crippen LogP contribution in [0, 0.1) is 0 Å². The van der Waals surface area contributed by atoms with Crippen molar-refractivity contribution in [1.29, 1.82) is 0 Å². The van der Waals surface area contributed by atoms with E-state index in [1.165, 1.54) is 11.8 Å². The van der Waals surface area contributed by atoms with Crippen molar-refractivity contribution in [3.8, 4) is 39.8 Å². The van der Waals surface area contributed by atoms with Gasteiger partial charge < -0.3 is 24.5 Å². The number of methoxy groups -OCH3 is 2. The fourth-order valence-corrected chi connectivity index (χ4v) is 4.42. The quantitative estimate of drug-likeness (QED) is 0.234. The summed E-state index contributed by atoms with van der Waals surface area (Å²) in [6.07, 6.45) is 0.355. The lowest BCUT2D eigenvalue weighted by Gasteiger charge is -2.06. The van der Waals surface area contributed by atoms with Crippen LogP contribution in [0.3, 0.4) is 0 Å². The Morgan fingerprint density at radius 1 is 0.861 bits per heavy atom. The highest BCUT2D eigenvalue weighted by Gasteiger charge is 2.15. The maximum atomic E-state index is 12.4. The minimum Gasteiger partial charge on any atom is -0.497 e. The Kier molecular flexibility index (Phi) is 8.52. The summed E-state index contributed by atoms with van der Waals surface area (Å²) < 4.78 is 16.0. The third-order valence-corrected chi connectivity index (χ3v) is 6.32. The van der Waals surface area contributed by atoms with Crippen LogP contribution in [0.5, 0.6) is 17.2 Å². The molecule has 0 saturated carbocycles. The van der Waals surface area contributed by atoms with Crippen molar-refractivity contribution in [3.05, 3.63) is 72.8 Å². The molecule has 4 aromatic rings. The Morgan fingerprint density at radius 2 is 1.44 bits per heavy atom. The largest absolute Gasteiger partial charge is 0.497 e. The van der Waals surface area contributed by atoms with E-state index < -0.39 is 0 Å². The molecule has 0 saturated heterocycles. The van der Waals surface area contributed by atoms with E-state index >= 15 is 0 Å². The molecule has 8 heteroatoms. The summed E-state index contributed by atoms with van der Waals surface area (Å²) in [5.74, 6) is 2.89. The Morgan fingerprint density at radius 3 is 2.03 bits per heavy atom. The molecule has 186 valence electrons. The average molecular weight is 504 g/mol. The van der Waals surface area contributed by atoms with Crippen LogP contribution in [0.1, 0.15) is 13.3 Å². The van der Waals surface area contributed by atoms with Gasteiger partial charge in [0.15, 0.2) is 5.16 Å². The molecule has 0 aliphatic heterocycles.